The fourth-order valence-electron chi connectivity index (χ4n) is 2.67. The Morgan fingerprint density at radius 2 is 2.20 bits per heavy atom. The van der Waals surface area contributed by atoms with Gasteiger partial charge in [-0.3, -0.25) is 9.78 Å². The molecule has 1 heterocycles. The standard InChI is InChI=1S/C13H15NO/c15-13(10-3-1-4-10)11-7-6-9-5-2-8-14-12(9)11/h2,5,8,10-11H,1,3-4,6-7H2. The first-order chi connectivity index (χ1) is 7.36. The number of pyridine rings is 1. The number of carbonyl (C=O) groups excluding carboxylic acids is 1. The molecule has 0 N–H and O–H groups in total. The molecule has 3 rings (SSSR count). The van der Waals surface area contributed by atoms with Gasteiger partial charge in [0.2, 0.25) is 0 Å². The number of ketones is 1. The van der Waals surface area contributed by atoms with E-state index in [1.807, 2.05) is 12.3 Å². The summed E-state index contributed by atoms with van der Waals surface area (Å²) in [5.41, 5.74) is 2.35. The van der Waals surface area contributed by atoms with Crippen LogP contribution in [0.4, 0.5) is 0 Å². The highest BCUT2D eigenvalue weighted by molar-refractivity contribution is 5.89. The van der Waals surface area contributed by atoms with Crippen LogP contribution >= 0.6 is 0 Å². The van der Waals surface area contributed by atoms with E-state index < -0.39 is 0 Å². The summed E-state index contributed by atoms with van der Waals surface area (Å²) in [5.74, 6) is 0.924. The number of rotatable bonds is 2. The van der Waals surface area contributed by atoms with Gasteiger partial charge in [-0.1, -0.05) is 12.5 Å². The largest absolute Gasteiger partial charge is 0.299 e. The SMILES string of the molecule is O=C(C1CCC1)C1CCc2cccnc21. The van der Waals surface area contributed by atoms with Gasteiger partial charge >= 0.3 is 0 Å². The minimum atomic E-state index is 0.117. The molecule has 2 nitrogen and oxygen atoms in total. The first kappa shape index (κ1) is 9.08. The van der Waals surface area contributed by atoms with Gasteiger partial charge < -0.3 is 0 Å². The Morgan fingerprint density at radius 3 is 2.93 bits per heavy atom. The van der Waals surface area contributed by atoms with Crippen molar-refractivity contribution < 1.29 is 4.79 Å². The van der Waals surface area contributed by atoms with Crippen LogP contribution in [0.3, 0.4) is 0 Å². The van der Waals surface area contributed by atoms with Crippen LogP contribution < -0.4 is 0 Å². The topological polar surface area (TPSA) is 30.0 Å². The van der Waals surface area contributed by atoms with Crippen LogP contribution in [0, 0.1) is 5.92 Å². The van der Waals surface area contributed by atoms with Crippen LogP contribution in [0.1, 0.15) is 42.9 Å². The number of carbonyl (C=O) groups is 1. The van der Waals surface area contributed by atoms with E-state index in [-0.39, 0.29) is 5.92 Å². The first-order valence-electron chi connectivity index (χ1n) is 5.84. The van der Waals surface area contributed by atoms with Crippen LogP contribution in [0.25, 0.3) is 0 Å². The number of aryl methyl sites for hydroxylation is 1. The molecule has 2 aliphatic carbocycles. The third kappa shape index (κ3) is 1.39. The van der Waals surface area contributed by atoms with Gasteiger partial charge in [0.25, 0.3) is 0 Å². The first-order valence-corrected chi connectivity index (χ1v) is 5.84. The van der Waals surface area contributed by atoms with E-state index in [9.17, 15) is 4.79 Å². The van der Waals surface area contributed by atoms with Crippen LogP contribution in [0.5, 0.6) is 0 Å². The van der Waals surface area contributed by atoms with Crippen molar-refractivity contribution in [3.8, 4) is 0 Å². The number of Topliss-reactive ketones (excluding diaryl/α,β-unsaturated/α-hetero) is 1. The normalized spacial score (nSPS) is 24.7. The second-order valence-electron chi connectivity index (χ2n) is 4.67. The molecule has 78 valence electrons. The Balaban J connectivity index is 1.86. The maximum absolute atomic E-state index is 12.2. The van der Waals surface area contributed by atoms with Crippen molar-refractivity contribution in [1.29, 1.82) is 0 Å². The molecule has 0 radical (unpaired) electrons. The summed E-state index contributed by atoms with van der Waals surface area (Å²) in [6.07, 6.45) is 7.28. The van der Waals surface area contributed by atoms with E-state index in [1.54, 1.807) is 0 Å². The average molecular weight is 201 g/mol. The van der Waals surface area contributed by atoms with Crippen molar-refractivity contribution in [3.63, 3.8) is 0 Å². The molecule has 1 saturated carbocycles. The van der Waals surface area contributed by atoms with E-state index in [4.69, 9.17) is 0 Å². The molecule has 1 aromatic rings. The minimum absolute atomic E-state index is 0.117. The molecule has 2 heteroatoms. The molecular formula is C13H15NO. The molecule has 1 fully saturated rings. The number of hydrogen-bond acceptors (Lipinski definition) is 2. The lowest BCUT2D eigenvalue weighted by Gasteiger charge is -2.26. The fraction of sp³-hybridized carbons (Fsp3) is 0.538. The summed E-state index contributed by atoms with van der Waals surface area (Å²) in [6, 6.07) is 4.07. The average Bonchev–Trinajstić information content (AvgIpc) is 2.58. The number of fused-ring (bicyclic) bond motifs is 1. The highest BCUT2D eigenvalue weighted by Crippen LogP contribution is 2.38. The van der Waals surface area contributed by atoms with Crippen molar-refractivity contribution >= 4 is 5.78 Å². The predicted molar refractivity (Wildman–Crippen MR) is 57.6 cm³/mol. The number of nitrogens with zero attached hydrogens (tertiary/aromatic N) is 1. The van der Waals surface area contributed by atoms with Gasteiger partial charge in [-0.15, -0.1) is 0 Å². The molecule has 0 spiro atoms. The summed E-state index contributed by atoms with van der Waals surface area (Å²) in [4.78, 5) is 16.5. The van der Waals surface area contributed by atoms with Crippen LogP contribution in [-0.4, -0.2) is 10.8 Å². The Morgan fingerprint density at radius 1 is 1.33 bits per heavy atom. The zero-order chi connectivity index (χ0) is 10.3. The predicted octanol–water partition coefficient (Wildman–Crippen LogP) is 2.48. The lowest BCUT2D eigenvalue weighted by Crippen LogP contribution is -2.26. The molecule has 1 atom stereocenters. The summed E-state index contributed by atoms with van der Waals surface area (Å²) < 4.78 is 0. The molecule has 15 heavy (non-hydrogen) atoms. The maximum Gasteiger partial charge on any atom is 0.145 e. The van der Waals surface area contributed by atoms with Crippen molar-refractivity contribution in [2.45, 2.75) is 38.0 Å². The van der Waals surface area contributed by atoms with Gasteiger partial charge in [-0.05, 0) is 37.3 Å². The van der Waals surface area contributed by atoms with E-state index in [0.29, 0.717) is 11.7 Å². The van der Waals surface area contributed by atoms with Gasteiger partial charge in [-0.2, -0.15) is 0 Å². The van der Waals surface area contributed by atoms with Crippen molar-refractivity contribution in [2.24, 2.45) is 5.92 Å². The van der Waals surface area contributed by atoms with Gasteiger partial charge in [0.1, 0.15) is 5.78 Å². The van der Waals surface area contributed by atoms with E-state index in [1.165, 1.54) is 12.0 Å². The van der Waals surface area contributed by atoms with Crippen LogP contribution in [0.15, 0.2) is 18.3 Å². The van der Waals surface area contributed by atoms with Crippen molar-refractivity contribution in [1.82, 2.24) is 4.98 Å². The Bertz CT molecular complexity index is 395. The Hall–Kier alpha value is -1.18. The van der Waals surface area contributed by atoms with E-state index in [2.05, 4.69) is 11.1 Å². The lowest BCUT2D eigenvalue weighted by atomic mass is 9.77. The highest BCUT2D eigenvalue weighted by Gasteiger charge is 2.36. The zero-order valence-corrected chi connectivity index (χ0v) is 8.78. The van der Waals surface area contributed by atoms with Gasteiger partial charge in [-0.25, -0.2) is 0 Å². The molecule has 0 aromatic carbocycles. The maximum atomic E-state index is 12.2. The summed E-state index contributed by atoms with van der Waals surface area (Å²) in [7, 11) is 0. The molecule has 0 saturated heterocycles. The zero-order valence-electron chi connectivity index (χ0n) is 8.78. The van der Waals surface area contributed by atoms with Gasteiger partial charge in [0.15, 0.2) is 0 Å². The molecule has 0 bridgehead atoms. The summed E-state index contributed by atoms with van der Waals surface area (Å²) in [6.45, 7) is 0. The molecule has 1 aromatic heterocycles. The third-order valence-electron chi connectivity index (χ3n) is 3.81. The van der Waals surface area contributed by atoms with Crippen molar-refractivity contribution in [2.75, 3.05) is 0 Å². The molecule has 1 unspecified atom stereocenters. The Kier molecular flexibility index (Phi) is 2.08. The molecule has 0 amide bonds. The van der Waals surface area contributed by atoms with Crippen LogP contribution in [0.2, 0.25) is 0 Å². The minimum Gasteiger partial charge on any atom is -0.299 e. The van der Waals surface area contributed by atoms with Gasteiger partial charge in [0.05, 0.1) is 11.6 Å². The number of hydrogen-bond donors (Lipinski definition) is 0. The summed E-state index contributed by atoms with van der Waals surface area (Å²) in [5, 5.41) is 0. The van der Waals surface area contributed by atoms with Gasteiger partial charge in [0, 0.05) is 12.1 Å². The Labute approximate surface area is 89.7 Å². The lowest BCUT2D eigenvalue weighted by molar-refractivity contribution is -0.126. The van der Waals surface area contributed by atoms with Crippen molar-refractivity contribution in [3.05, 3.63) is 29.6 Å². The van der Waals surface area contributed by atoms with Crippen LogP contribution in [-0.2, 0) is 11.2 Å². The van der Waals surface area contributed by atoms with E-state index >= 15 is 0 Å². The monoisotopic (exact) mass is 201 g/mol. The summed E-state index contributed by atoms with van der Waals surface area (Å²) >= 11 is 0. The highest BCUT2D eigenvalue weighted by atomic mass is 16.1. The fourth-order valence-corrected chi connectivity index (χ4v) is 2.67. The van der Waals surface area contributed by atoms with E-state index in [0.717, 1.165) is 31.4 Å². The molecule has 2 aliphatic rings. The quantitative estimate of drug-likeness (QED) is 0.735. The third-order valence-corrected chi connectivity index (χ3v) is 3.81. The molecule has 0 aliphatic heterocycles. The molecular weight excluding hydrogens is 186 g/mol. The second kappa shape index (κ2) is 3.44. The smallest absolute Gasteiger partial charge is 0.145 e. The second-order valence-corrected chi connectivity index (χ2v) is 4.67. The number of aromatic nitrogens is 1.